The summed E-state index contributed by atoms with van der Waals surface area (Å²) >= 11 is 0. The number of fused-ring (bicyclic) bond motifs is 1. The molecule has 1 amide bonds. The number of hydrogen-bond donors (Lipinski definition) is 3. The molecule has 0 bridgehead atoms. The molecule has 0 saturated carbocycles. The largest absolute Gasteiger partial charge is 0.361 e. The lowest BCUT2D eigenvalue weighted by atomic mass is 10.0. The zero-order chi connectivity index (χ0) is 14.7. The molecule has 2 atom stereocenters. The van der Waals surface area contributed by atoms with E-state index in [-0.39, 0.29) is 11.9 Å². The minimum absolute atomic E-state index is 0.0550. The van der Waals surface area contributed by atoms with Crippen molar-refractivity contribution in [2.75, 3.05) is 0 Å². The van der Waals surface area contributed by atoms with Crippen LogP contribution >= 0.6 is 0 Å². The van der Waals surface area contributed by atoms with Crippen molar-refractivity contribution in [3.63, 3.8) is 0 Å². The van der Waals surface area contributed by atoms with E-state index in [1.54, 1.807) is 0 Å². The lowest BCUT2D eigenvalue weighted by Gasteiger charge is -2.21. The Bertz CT molecular complexity index is 659. The van der Waals surface area contributed by atoms with Crippen LogP contribution in [0.5, 0.6) is 0 Å². The van der Waals surface area contributed by atoms with E-state index in [1.165, 1.54) is 0 Å². The van der Waals surface area contributed by atoms with Gasteiger partial charge in [0, 0.05) is 23.1 Å². The maximum atomic E-state index is 12.2. The van der Waals surface area contributed by atoms with Crippen LogP contribution < -0.4 is 11.1 Å². The summed E-state index contributed by atoms with van der Waals surface area (Å²) in [6.45, 7) is 0. The summed E-state index contributed by atoms with van der Waals surface area (Å²) < 4.78 is 0. The number of benzene rings is 1. The Labute approximate surface area is 124 Å². The Morgan fingerprint density at radius 3 is 3.05 bits per heavy atom. The summed E-state index contributed by atoms with van der Waals surface area (Å²) in [6, 6.07) is 7.80. The number of H-pyrrole nitrogens is 1. The molecular formula is C17H21N3O. The standard InChI is InChI=1S/C17H21N3O/c18-15(17(21)20-13-6-2-1-3-7-13)10-12-11-19-16-9-5-4-8-14(12)16/h1-2,4-5,8-9,11,13,15,19H,3,6-7,10,18H2,(H,20,21)/t13?,15-/m1/s1. The second kappa shape index (κ2) is 6.14. The van der Waals surface area contributed by atoms with Crippen LogP contribution in [0.2, 0.25) is 0 Å². The molecule has 4 nitrogen and oxygen atoms in total. The summed E-state index contributed by atoms with van der Waals surface area (Å²) in [4.78, 5) is 15.4. The van der Waals surface area contributed by atoms with E-state index in [9.17, 15) is 4.79 Å². The highest BCUT2D eigenvalue weighted by molar-refractivity contribution is 5.86. The minimum Gasteiger partial charge on any atom is -0.361 e. The fraction of sp³-hybridized carbons (Fsp3) is 0.353. The second-order valence-corrected chi connectivity index (χ2v) is 5.66. The van der Waals surface area contributed by atoms with Gasteiger partial charge in [0.1, 0.15) is 0 Å². The third kappa shape index (κ3) is 3.16. The van der Waals surface area contributed by atoms with Gasteiger partial charge in [-0.3, -0.25) is 4.79 Å². The van der Waals surface area contributed by atoms with E-state index in [0.29, 0.717) is 6.42 Å². The van der Waals surface area contributed by atoms with Crippen molar-refractivity contribution in [2.45, 2.75) is 37.8 Å². The molecule has 21 heavy (non-hydrogen) atoms. The fourth-order valence-corrected chi connectivity index (χ4v) is 2.86. The number of nitrogens with one attached hydrogen (secondary N) is 2. The van der Waals surface area contributed by atoms with E-state index in [0.717, 1.165) is 35.7 Å². The van der Waals surface area contributed by atoms with Crippen molar-refractivity contribution in [3.8, 4) is 0 Å². The van der Waals surface area contributed by atoms with Gasteiger partial charge in [-0.25, -0.2) is 0 Å². The Hall–Kier alpha value is -2.07. The number of nitrogens with two attached hydrogens (primary N) is 1. The highest BCUT2D eigenvalue weighted by atomic mass is 16.2. The monoisotopic (exact) mass is 283 g/mol. The number of amides is 1. The summed E-state index contributed by atoms with van der Waals surface area (Å²) in [5.74, 6) is -0.0550. The summed E-state index contributed by atoms with van der Waals surface area (Å²) in [5.41, 5.74) is 8.25. The van der Waals surface area contributed by atoms with Crippen molar-refractivity contribution in [3.05, 3.63) is 48.2 Å². The highest BCUT2D eigenvalue weighted by Crippen LogP contribution is 2.19. The molecule has 1 aromatic carbocycles. The molecule has 0 radical (unpaired) electrons. The van der Waals surface area contributed by atoms with Crippen molar-refractivity contribution in [1.29, 1.82) is 0 Å². The molecule has 1 aliphatic rings. The second-order valence-electron chi connectivity index (χ2n) is 5.66. The SMILES string of the molecule is N[C@H](Cc1c[nH]c2ccccc12)C(=O)NC1CC=CCC1. The lowest BCUT2D eigenvalue weighted by Crippen LogP contribution is -2.46. The van der Waals surface area contributed by atoms with Gasteiger partial charge in [0.05, 0.1) is 6.04 Å². The average Bonchev–Trinajstić information content (AvgIpc) is 2.91. The number of rotatable bonds is 4. The molecule has 4 N–H and O–H groups in total. The fourth-order valence-electron chi connectivity index (χ4n) is 2.86. The van der Waals surface area contributed by atoms with Crippen LogP contribution in [-0.4, -0.2) is 23.0 Å². The first-order chi connectivity index (χ1) is 10.2. The van der Waals surface area contributed by atoms with E-state index in [2.05, 4.69) is 28.5 Å². The summed E-state index contributed by atoms with van der Waals surface area (Å²) in [7, 11) is 0. The van der Waals surface area contributed by atoms with E-state index in [4.69, 9.17) is 5.73 Å². The van der Waals surface area contributed by atoms with Crippen LogP contribution in [0, 0.1) is 0 Å². The Morgan fingerprint density at radius 1 is 1.38 bits per heavy atom. The van der Waals surface area contributed by atoms with Crippen LogP contribution in [0.4, 0.5) is 0 Å². The predicted molar refractivity (Wildman–Crippen MR) is 84.9 cm³/mol. The Balaban J connectivity index is 1.64. The first-order valence-corrected chi connectivity index (χ1v) is 7.50. The molecule has 0 spiro atoms. The lowest BCUT2D eigenvalue weighted by molar-refractivity contribution is -0.123. The number of para-hydroxylation sites is 1. The van der Waals surface area contributed by atoms with Crippen molar-refractivity contribution >= 4 is 16.8 Å². The zero-order valence-corrected chi connectivity index (χ0v) is 12.0. The Morgan fingerprint density at radius 2 is 2.24 bits per heavy atom. The number of carbonyl (C=O) groups excluding carboxylic acids is 1. The van der Waals surface area contributed by atoms with Gasteiger partial charge < -0.3 is 16.0 Å². The number of hydrogen-bond acceptors (Lipinski definition) is 2. The molecule has 0 aliphatic heterocycles. The Kier molecular flexibility index (Phi) is 4.06. The van der Waals surface area contributed by atoms with Gasteiger partial charge in [-0.2, -0.15) is 0 Å². The normalized spacial score (nSPS) is 19.6. The van der Waals surface area contributed by atoms with Crippen molar-refractivity contribution in [2.24, 2.45) is 5.73 Å². The molecule has 1 heterocycles. The van der Waals surface area contributed by atoms with Crippen molar-refractivity contribution < 1.29 is 4.79 Å². The molecule has 1 aliphatic carbocycles. The minimum atomic E-state index is -0.505. The third-order valence-corrected chi connectivity index (χ3v) is 4.07. The topological polar surface area (TPSA) is 70.9 Å². The van der Waals surface area contributed by atoms with Gasteiger partial charge >= 0.3 is 0 Å². The molecule has 4 heteroatoms. The van der Waals surface area contributed by atoms with Crippen LogP contribution in [0.15, 0.2) is 42.6 Å². The van der Waals surface area contributed by atoms with E-state index < -0.39 is 6.04 Å². The van der Waals surface area contributed by atoms with Crippen LogP contribution in [0.1, 0.15) is 24.8 Å². The number of carbonyl (C=O) groups is 1. The van der Waals surface area contributed by atoms with E-state index in [1.807, 2.05) is 24.4 Å². The summed E-state index contributed by atoms with van der Waals surface area (Å²) in [5, 5.41) is 4.19. The molecule has 0 saturated heterocycles. The van der Waals surface area contributed by atoms with Gasteiger partial charge in [0.2, 0.25) is 5.91 Å². The van der Waals surface area contributed by atoms with Gasteiger partial charge in [0.25, 0.3) is 0 Å². The van der Waals surface area contributed by atoms with Gasteiger partial charge in [0.15, 0.2) is 0 Å². The molecule has 110 valence electrons. The zero-order valence-electron chi connectivity index (χ0n) is 12.0. The molecule has 3 rings (SSSR count). The summed E-state index contributed by atoms with van der Waals surface area (Å²) in [6.07, 6.45) is 9.73. The van der Waals surface area contributed by atoms with Crippen LogP contribution in [0.3, 0.4) is 0 Å². The smallest absolute Gasteiger partial charge is 0.237 e. The van der Waals surface area contributed by atoms with Crippen LogP contribution in [0.25, 0.3) is 10.9 Å². The van der Waals surface area contributed by atoms with Gasteiger partial charge in [-0.1, -0.05) is 30.4 Å². The third-order valence-electron chi connectivity index (χ3n) is 4.07. The quantitative estimate of drug-likeness (QED) is 0.753. The van der Waals surface area contributed by atoms with Gasteiger partial charge in [-0.05, 0) is 37.3 Å². The molecule has 2 aromatic rings. The van der Waals surface area contributed by atoms with Crippen molar-refractivity contribution in [1.82, 2.24) is 10.3 Å². The molecular weight excluding hydrogens is 262 g/mol. The number of aromatic nitrogens is 1. The highest BCUT2D eigenvalue weighted by Gasteiger charge is 2.19. The van der Waals surface area contributed by atoms with Gasteiger partial charge in [-0.15, -0.1) is 0 Å². The molecule has 1 unspecified atom stereocenters. The first-order valence-electron chi connectivity index (χ1n) is 7.50. The first kappa shape index (κ1) is 13.9. The number of allylic oxidation sites excluding steroid dienone is 1. The maximum absolute atomic E-state index is 12.2. The average molecular weight is 283 g/mol. The maximum Gasteiger partial charge on any atom is 0.237 e. The number of aromatic amines is 1. The predicted octanol–water partition coefficient (Wildman–Crippen LogP) is 2.26. The van der Waals surface area contributed by atoms with E-state index >= 15 is 0 Å². The molecule has 1 aromatic heterocycles. The van der Waals surface area contributed by atoms with Crippen LogP contribution in [-0.2, 0) is 11.2 Å². The molecule has 0 fully saturated rings.